The Morgan fingerprint density at radius 2 is 1.54 bits per heavy atom. The standard InChI is InChI=1S/C21H26N2O/c1-2-18-8-10-20(11-9-18)17-22-12-14-23(15-13-22)21(24)16-19-6-4-3-5-7-19/h3-11H,2,12-17H2,1H3/p+1. The minimum absolute atomic E-state index is 0.257. The SMILES string of the molecule is CCc1ccc(C[NH+]2CCN(C(=O)Cc3ccccc3)CC2)cc1. The number of nitrogens with zero attached hydrogens (tertiary/aromatic N) is 1. The van der Waals surface area contributed by atoms with Crippen LogP contribution < -0.4 is 4.90 Å². The lowest BCUT2D eigenvalue weighted by Crippen LogP contribution is -3.13. The van der Waals surface area contributed by atoms with Gasteiger partial charge in [-0.15, -0.1) is 0 Å². The Hall–Kier alpha value is -2.13. The lowest BCUT2D eigenvalue weighted by Gasteiger charge is -2.32. The first kappa shape index (κ1) is 16.7. The van der Waals surface area contributed by atoms with Crippen molar-refractivity contribution >= 4 is 5.91 Å². The maximum absolute atomic E-state index is 12.4. The third-order valence-corrected chi connectivity index (χ3v) is 4.91. The number of piperazine rings is 1. The van der Waals surface area contributed by atoms with Gasteiger partial charge in [-0.2, -0.15) is 0 Å². The van der Waals surface area contributed by atoms with Gasteiger partial charge >= 0.3 is 0 Å². The second-order valence-electron chi connectivity index (χ2n) is 6.64. The van der Waals surface area contributed by atoms with Gasteiger partial charge in [0.05, 0.1) is 32.6 Å². The normalized spacial score (nSPS) is 15.5. The molecule has 1 aliphatic rings. The molecule has 0 bridgehead atoms. The van der Waals surface area contributed by atoms with E-state index in [1.807, 2.05) is 35.2 Å². The number of rotatable bonds is 5. The second-order valence-corrected chi connectivity index (χ2v) is 6.64. The van der Waals surface area contributed by atoms with Gasteiger partial charge in [-0.1, -0.05) is 61.5 Å². The molecule has 2 aromatic rings. The highest BCUT2D eigenvalue weighted by molar-refractivity contribution is 5.78. The van der Waals surface area contributed by atoms with Crippen LogP contribution in [0.25, 0.3) is 0 Å². The van der Waals surface area contributed by atoms with E-state index in [9.17, 15) is 4.79 Å². The van der Waals surface area contributed by atoms with Gasteiger partial charge in [-0.3, -0.25) is 4.79 Å². The van der Waals surface area contributed by atoms with Gasteiger partial charge in [0.2, 0.25) is 5.91 Å². The highest BCUT2D eigenvalue weighted by atomic mass is 16.2. The van der Waals surface area contributed by atoms with E-state index in [1.165, 1.54) is 11.1 Å². The fraction of sp³-hybridized carbons (Fsp3) is 0.381. The number of carbonyl (C=O) groups excluding carboxylic acids is 1. The van der Waals surface area contributed by atoms with Crippen molar-refractivity contribution in [1.29, 1.82) is 0 Å². The van der Waals surface area contributed by atoms with Gasteiger partial charge in [-0.25, -0.2) is 0 Å². The zero-order valence-electron chi connectivity index (χ0n) is 14.5. The Kier molecular flexibility index (Phi) is 5.65. The molecule has 0 unspecified atom stereocenters. The van der Waals surface area contributed by atoms with Gasteiger partial charge in [0.15, 0.2) is 0 Å². The van der Waals surface area contributed by atoms with Crippen LogP contribution in [-0.4, -0.2) is 37.0 Å². The van der Waals surface area contributed by atoms with E-state index < -0.39 is 0 Å². The van der Waals surface area contributed by atoms with Gasteiger partial charge in [0, 0.05) is 5.56 Å². The molecule has 0 spiro atoms. The summed E-state index contributed by atoms with van der Waals surface area (Å²) in [5.74, 6) is 0.257. The molecule has 24 heavy (non-hydrogen) atoms. The van der Waals surface area contributed by atoms with E-state index >= 15 is 0 Å². The highest BCUT2D eigenvalue weighted by Gasteiger charge is 2.23. The molecule has 1 amide bonds. The van der Waals surface area contributed by atoms with E-state index in [0.29, 0.717) is 6.42 Å². The number of aryl methyl sites for hydroxylation is 1. The molecule has 3 heteroatoms. The van der Waals surface area contributed by atoms with Gasteiger partial charge in [0.25, 0.3) is 0 Å². The third kappa shape index (κ3) is 4.45. The van der Waals surface area contributed by atoms with Crippen molar-refractivity contribution in [3.63, 3.8) is 0 Å². The zero-order valence-corrected chi connectivity index (χ0v) is 14.5. The number of hydrogen-bond acceptors (Lipinski definition) is 1. The van der Waals surface area contributed by atoms with Crippen molar-refractivity contribution in [3.05, 3.63) is 71.3 Å². The first-order chi connectivity index (χ1) is 11.7. The number of nitrogens with one attached hydrogen (secondary N) is 1. The average molecular weight is 323 g/mol. The summed E-state index contributed by atoms with van der Waals surface area (Å²) in [6.45, 7) is 7.06. The summed E-state index contributed by atoms with van der Waals surface area (Å²) in [7, 11) is 0. The molecule has 0 radical (unpaired) electrons. The van der Waals surface area contributed by atoms with Gasteiger partial charge in [0.1, 0.15) is 6.54 Å². The first-order valence-electron chi connectivity index (χ1n) is 8.97. The number of carbonyl (C=O) groups is 1. The van der Waals surface area contributed by atoms with Crippen molar-refractivity contribution in [2.75, 3.05) is 26.2 Å². The van der Waals surface area contributed by atoms with Crippen molar-refractivity contribution < 1.29 is 9.69 Å². The Balaban J connectivity index is 1.47. The third-order valence-electron chi connectivity index (χ3n) is 4.91. The molecule has 126 valence electrons. The Labute approximate surface area is 144 Å². The van der Waals surface area contributed by atoms with Crippen LogP contribution in [-0.2, 0) is 24.2 Å². The minimum atomic E-state index is 0.257. The molecule has 0 atom stereocenters. The second kappa shape index (κ2) is 8.11. The van der Waals surface area contributed by atoms with Crippen LogP contribution in [0, 0.1) is 0 Å². The quantitative estimate of drug-likeness (QED) is 0.890. The van der Waals surface area contributed by atoms with Gasteiger partial charge < -0.3 is 9.80 Å². The molecule has 3 rings (SSSR count). The molecule has 1 heterocycles. The fourth-order valence-electron chi connectivity index (χ4n) is 3.31. The minimum Gasteiger partial charge on any atom is -0.331 e. The predicted octanol–water partition coefficient (Wildman–Crippen LogP) is 1.72. The van der Waals surface area contributed by atoms with Crippen LogP contribution in [0.5, 0.6) is 0 Å². The molecule has 0 aliphatic carbocycles. The maximum Gasteiger partial charge on any atom is 0.227 e. The van der Waals surface area contributed by atoms with Crippen LogP contribution >= 0.6 is 0 Å². The van der Waals surface area contributed by atoms with Crippen LogP contribution in [0.3, 0.4) is 0 Å². The van der Waals surface area contributed by atoms with Crippen LogP contribution in [0.1, 0.15) is 23.6 Å². The average Bonchev–Trinajstić information content (AvgIpc) is 2.64. The lowest BCUT2D eigenvalue weighted by molar-refractivity contribution is -0.917. The molecular formula is C21H27N2O+. The van der Waals surface area contributed by atoms with Crippen LogP contribution in [0.4, 0.5) is 0 Å². The van der Waals surface area contributed by atoms with E-state index in [2.05, 4.69) is 31.2 Å². The Morgan fingerprint density at radius 3 is 2.17 bits per heavy atom. The van der Waals surface area contributed by atoms with E-state index in [0.717, 1.165) is 44.7 Å². The highest BCUT2D eigenvalue weighted by Crippen LogP contribution is 2.05. The molecule has 1 saturated heterocycles. The molecule has 0 saturated carbocycles. The maximum atomic E-state index is 12.4. The predicted molar refractivity (Wildman–Crippen MR) is 96.9 cm³/mol. The molecule has 1 N–H and O–H groups in total. The summed E-state index contributed by atoms with van der Waals surface area (Å²) in [6, 6.07) is 19.0. The molecule has 1 aliphatic heterocycles. The van der Waals surface area contributed by atoms with E-state index in [-0.39, 0.29) is 5.91 Å². The summed E-state index contributed by atoms with van der Waals surface area (Å²) >= 11 is 0. The molecule has 1 fully saturated rings. The summed E-state index contributed by atoms with van der Waals surface area (Å²) in [6.07, 6.45) is 1.62. The van der Waals surface area contributed by atoms with E-state index in [4.69, 9.17) is 0 Å². The first-order valence-corrected chi connectivity index (χ1v) is 8.97. The lowest BCUT2D eigenvalue weighted by atomic mass is 10.1. The Morgan fingerprint density at radius 1 is 0.917 bits per heavy atom. The number of amides is 1. The summed E-state index contributed by atoms with van der Waals surface area (Å²) in [5, 5.41) is 0. The van der Waals surface area contributed by atoms with Crippen LogP contribution in [0.15, 0.2) is 54.6 Å². The van der Waals surface area contributed by atoms with Gasteiger partial charge in [-0.05, 0) is 17.5 Å². The van der Waals surface area contributed by atoms with Crippen molar-refractivity contribution in [3.8, 4) is 0 Å². The smallest absolute Gasteiger partial charge is 0.227 e. The summed E-state index contributed by atoms with van der Waals surface area (Å²) in [4.78, 5) is 16.0. The van der Waals surface area contributed by atoms with Crippen LogP contribution in [0.2, 0.25) is 0 Å². The summed E-state index contributed by atoms with van der Waals surface area (Å²) < 4.78 is 0. The molecule has 0 aromatic heterocycles. The monoisotopic (exact) mass is 323 g/mol. The largest absolute Gasteiger partial charge is 0.331 e. The van der Waals surface area contributed by atoms with Crippen molar-refractivity contribution in [1.82, 2.24) is 4.90 Å². The fourth-order valence-corrected chi connectivity index (χ4v) is 3.31. The number of hydrogen-bond donors (Lipinski definition) is 1. The number of benzene rings is 2. The molecular weight excluding hydrogens is 296 g/mol. The summed E-state index contributed by atoms with van der Waals surface area (Å²) in [5.41, 5.74) is 3.89. The molecule has 3 nitrogen and oxygen atoms in total. The zero-order chi connectivity index (χ0) is 16.8. The van der Waals surface area contributed by atoms with Crippen molar-refractivity contribution in [2.24, 2.45) is 0 Å². The van der Waals surface area contributed by atoms with E-state index in [1.54, 1.807) is 4.90 Å². The molecule has 2 aromatic carbocycles. The van der Waals surface area contributed by atoms with Crippen molar-refractivity contribution in [2.45, 2.75) is 26.3 Å². The number of quaternary nitrogens is 1. The Bertz CT molecular complexity index is 643. The topological polar surface area (TPSA) is 24.8 Å².